The molecule has 0 fully saturated rings. The van der Waals surface area contributed by atoms with Crippen LogP contribution in [0.2, 0.25) is 0 Å². The van der Waals surface area contributed by atoms with Crippen molar-refractivity contribution in [3.63, 3.8) is 0 Å². The lowest BCUT2D eigenvalue weighted by Crippen LogP contribution is -2.06. The Balaban J connectivity index is 1.57. The Kier molecular flexibility index (Phi) is 5.30. The predicted molar refractivity (Wildman–Crippen MR) is 129 cm³/mol. The van der Waals surface area contributed by atoms with Crippen molar-refractivity contribution >= 4 is 39.8 Å². The van der Waals surface area contributed by atoms with E-state index in [1.807, 2.05) is 54.6 Å². The van der Waals surface area contributed by atoms with E-state index in [1.54, 1.807) is 12.1 Å². The van der Waals surface area contributed by atoms with Crippen LogP contribution in [0, 0.1) is 5.92 Å². The number of nitrogens with zero attached hydrogens (tertiary/aromatic N) is 3. The Morgan fingerprint density at radius 3 is 2.61 bits per heavy atom. The summed E-state index contributed by atoms with van der Waals surface area (Å²) in [5.41, 5.74) is 5.47. The molecule has 0 unspecified atom stereocenters. The number of fused-ring (bicyclic) bond motifs is 2. The quantitative estimate of drug-likeness (QED) is 0.325. The van der Waals surface area contributed by atoms with Crippen LogP contribution in [0.4, 0.5) is 11.7 Å². The van der Waals surface area contributed by atoms with Crippen molar-refractivity contribution in [2.45, 2.75) is 20.4 Å². The van der Waals surface area contributed by atoms with Crippen LogP contribution in [0.3, 0.4) is 0 Å². The summed E-state index contributed by atoms with van der Waals surface area (Å²) in [6, 6.07) is 21.6. The molecule has 2 aromatic heterocycles. The standard InChI is InChI=1S/C26H24N4O3/c1-16(2)15-30-22-11-9-18(25(31)32-3)14-20(22)28-24(30)17-10-12-23-21(13-17)29-26(33-23)27-19-7-5-4-6-8-19/h4-14,16H,15H2,1-3H3,(H,27,29). The van der Waals surface area contributed by atoms with Gasteiger partial charge < -0.3 is 19.0 Å². The van der Waals surface area contributed by atoms with Crippen LogP contribution < -0.4 is 5.32 Å². The van der Waals surface area contributed by atoms with Crippen LogP contribution in [0.5, 0.6) is 0 Å². The second-order valence-corrected chi connectivity index (χ2v) is 8.33. The van der Waals surface area contributed by atoms with Crippen LogP contribution in [0.15, 0.2) is 71.1 Å². The SMILES string of the molecule is COC(=O)c1ccc2c(c1)nc(-c1ccc3oc(Nc4ccccc4)nc3c1)n2CC(C)C. The largest absolute Gasteiger partial charge is 0.465 e. The molecule has 0 spiro atoms. The molecule has 0 aliphatic heterocycles. The third-order valence-electron chi connectivity index (χ3n) is 5.39. The highest BCUT2D eigenvalue weighted by molar-refractivity contribution is 5.94. The van der Waals surface area contributed by atoms with Gasteiger partial charge in [0.15, 0.2) is 5.58 Å². The molecule has 166 valence electrons. The summed E-state index contributed by atoms with van der Waals surface area (Å²) in [5.74, 6) is 0.862. The molecule has 0 saturated carbocycles. The summed E-state index contributed by atoms with van der Waals surface area (Å²) < 4.78 is 12.9. The first-order valence-corrected chi connectivity index (χ1v) is 10.8. The minimum atomic E-state index is -0.376. The predicted octanol–water partition coefficient (Wildman–Crippen LogP) is 6.03. The Labute approximate surface area is 191 Å². The van der Waals surface area contributed by atoms with Gasteiger partial charge in [-0.15, -0.1) is 0 Å². The first-order chi connectivity index (χ1) is 16.0. The zero-order chi connectivity index (χ0) is 22.9. The van der Waals surface area contributed by atoms with E-state index in [0.29, 0.717) is 23.1 Å². The molecular formula is C26H24N4O3. The number of aromatic nitrogens is 3. The van der Waals surface area contributed by atoms with Crippen molar-refractivity contribution in [3.05, 3.63) is 72.3 Å². The molecule has 0 aliphatic rings. The summed E-state index contributed by atoms with van der Waals surface area (Å²) in [5, 5.41) is 3.19. The maximum Gasteiger partial charge on any atom is 0.337 e. The molecule has 3 aromatic carbocycles. The smallest absolute Gasteiger partial charge is 0.337 e. The molecule has 0 atom stereocenters. The Morgan fingerprint density at radius 2 is 1.85 bits per heavy atom. The van der Waals surface area contributed by atoms with Crippen LogP contribution in [0.1, 0.15) is 24.2 Å². The first kappa shape index (κ1) is 20.8. The van der Waals surface area contributed by atoms with Gasteiger partial charge in [0.1, 0.15) is 11.3 Å². The monoisotopic (exact) mass is 440 g/mol. The molecule has 5 aromatic rings. The van der Waals surface area contributed by atoms with Gasteiger partial charge in [0.05, 0.1) is 23.7 Å². The van der Waals surface area contributed by atoms with E-state index in [4.69, 9.17) is 14.1 Å². The van der Waals surface area contributed by atoms with E-state index >= 15 is 0 Å². The fraction of sp³-hybridized carbons (Fsp3) is 0.192. The van der Waals surface area contributed by atoms with Gasteiger partial charge in [0.25, 0.3) is 6.01 Å². The van der Waals surface area contributed by atoms with Crippen LogP contribution in [0.25, 0.3) is 33.5 Å². The van der Waals surface area contributed by atoms with E-state index in [-0.39, 0.29) is 5.97 Å². The minimum absolute atomic E-state index is 0.376. The van der Waals surface area contributed by atoms with Crippen molar-refractivity contribution in [2.24, 2.45) is 5.92 Å². The molecule has 0 amide bonds. The normalized spacial score (nSPS) is 11.4. The Bertz CT molecular complexity index is 1450. The number of carbonyl (C=O) groups excluding carboxylic acids is 1. The van der Waals surface area contributed by atoms with Crippen LogP contribution >= 0.6 is 0 Å². The minimum Gasteiger partial charge on any atom is -0.465 e. The lowest BCUT2D eigenvalue weighted by Gasteiger charge is -2.12. The molecule has 7 nitrogen and oxygen atoms in total. The number of methoxy groups -OCH3 is 1. The fourth-order valence-electron chi connectivity index (χ4n) is 3.91. The number of rotatable bonds is 6. The number of nitrogens with one attached hydrogen (secondary N) is 1. The number of hydrogen-bond donors (Lipinski definition) is 1. The number of oxazole rings is 1. The molecule has 0 radical (unpaired) electrons. The number of esters is 1. The van der Waals surface area contributed by atoms with Crippen LogP contribution in [-0.4, -0.2) is 27.6 Å². The van der Waals surface area contributed by atoms with Gasteiger partial charge >= 0.3 is 5.97 Å². The average molecular weight is 441 g/mol. The number of ether oxygens (including phenoxy) is 1. The number of para-hydroxylation sites is 1. The van der Waals surface area contributed by atoms with Gasteiger partial charge in [-0.2, -0.15) is 4.98 Å². The molecule has 0 saturated heterocycles. The Hall–Kier alpha value is -4.13. The van der Waals surface area contributed by atoms with E-state index in [9.17, 15) is 4.79 Å². The summed E-state index contributed by atoms with van der Waals surface area (Å²) in [7, 11) is 1.38. The van der Waals surface area contributed by atoms with E-state index < -0.39 is 0 Å². The lowest BCUT2D eigenvalue weighted by atomic mass is 10.1. The second kappa shape index (κ2) is 8.43. The van der Waals surface area contributed by atoms with Gasteiger partial charge in [0.2, 0.25) is 0 Å². The first-order valence-electron chi connectivity index (χ1n) is 10.8. The van der Waals surface area contributed by atoms with Crippen molar-refractivity contribution in [2.75, 3.05) is 12.4 Å². The summed E-state index contributed by atoms with van der Waals surface area (Å²) in [4.78, 5) is 21.5. The van der Waals surface area contributed by atoms with E-state index in [2.05, 4.69) is 28.7 Å². The topological polar surface area (TPSA) is 82.2 Å². The lowest BCUT2D eigenvalue weighted by molar-refractivity contribution is 0.0601. The molecule has 0 bridgehead atoms. The number of hydrogen-bond acceptors (Lipinski definition) is 6. The van der Waals surface area contributed by atoms with Crippen molar-refractivity contribution in [3.8, 4) is 11.4 Å². The Morgan fingerprint density at radius 1 is 1.03 bits per heavy atom. The van der Waals surface area contributed by atoms with Crippen molar-refractivity contribution < 1.29 is 13.9 Å². The number of anilines is 2. The second-order valence-electron chi connectivity index (χ2n) is 8.33. The molecule has 1 N–H and O–H groups in total. The highest BCUT2D eigenvalue weighted by Crippen LogP contribution is 2.30. The zero-order valence-corrected chi connectivity index (χ0v) is 18.7. The molecular weight excluding hydrogens is 416 g/mol. The highest BCUT2D eigenvalue weighted by atomic mass is 16.5. The summed E-state index contributed by atoms with van der Waals surface area (Å²) in [6.45, 7) is 5.13. The maximum absolute atomic E-state index is 12.0. The van der Waals surface area contributed by atoms with Gasteiger partial charge in [-0.25, -0.2) is 9.78 Å². The third-order valence-corrected chi connectivity index (χ3v) is 5.39. The molecule has 33 heavy (non-hydrogen) atoms. The van der Waals surface area contributed by atoms with E-state index in [1.165, 1.54) is 7.11 Å². The average Bonchev–Trinajstić information content (AvgIpc) is 3.38. The number of imidazole rings is 1. The van der Waals surface area contributed by atoms with Gasteiger partial charge in [-0.1, -0.05) is 32.0 Å². The van der Waals surface area contributed by atoms with Gasteiger partial charge in [0, 0.05) is 17.8 Å². The molecule has 7 heteroatoms. The molecule has 5 rings (SSSR count). The van der Waals surface area contributed by atoms with Gasteiger partial charge in [-0.05, 0) is 54.4 Å². The number of benzene rings is 3. The highest BCUT2D eigenvalue weighted by Gasteiger charge is 2.17. The van der Waals surface area contributed by atoms with E-state index in [0.717, 1.165) is 40.2 Å². The van der Waals surface area contributed by atoms with Crippen LogP contribution in [-0.2, 0) is 11.3 Å². The van der Waals surface area contributed by atoms with Crippen molar-refractivity contribution in [1.82, 2.24) is 14.5 Å². The molecule has 0 aliphatic carbocycles. The van der Waals surface area contributed by atoms with Crippen molar-refractivity contribution in [1.29, 1.82) is 0 Å². The summed E-state index contributed by atoms with van der Waals surface area (Å²) in [6.07, 6.45) is 0. The zero-order valence-electron chi connectivity index (χ0n) is 18.7. The number of carbonyl (C=O) groups is 1. The summed E-state index contributed by atoms with van der Waals surface area (Å²) >= 11 is 0. The molecule has 2 heterocycles. The van der Waals surface area contributed by atoms with Gasteiger partial charge in [-0.3, -0.25) is 0 Å². The fourth-order valence-corrected chi connectivity index (χ4v) is 3.91. The third kappa shape index (κ3) is 4.05. The maximum atomic E-state index is 12.0.